The average Bonchev–Trinajstić information content (AvgIpc) is 2.36. The summed E-state index contributed by atoms with van der Waals surface area (Å²) in [6.45, 7) is 3.99. The Hall–Kier alpha value is -0.0300. The normalized spacial score (nSPS) is 21.3. The van der Waals surface area contributed by atoms with Crippen molar-refractivity contribution in [3.8, 4) is 0 Å². The molecule has 0 aromatic carbocycles. The summed E-state index contributed by atoms with van der Waals surface area (Å²) in [5.41, 5.74) is 0. The first-order chi connectivity index (χ1) is 8.36. The molecule has 100 valence electrons. The van der Waals surface area contributed by atoms with Crippen molar-refractivity contribution in [2.45, 2.75) is 32.2 Å². The fourth-order valence-electron chi connectivity index (χ4n) is 1.77. The first-order valence-electron chi connectivity index (χ1n) is 6.48. The molecular weight excluding hydrogens is 250 g/mol. The Morgan fingerprint density at radius 1 is 1.53 bits per heavy atom. The molecule has 0 radical (unpaired) electrons. The number of thioether (sulfide) groups is 2. The van der Waals surface area contributed by atoms with E-state index in [1.165, 1.54) is 30.1 Å². The second-order valence-electron chi connectivity index (χ2n) is 4.17. The van der Waals surface area contributed by atoms with E-state index in [0.29, 0.717) is 6.04 Å². The maximum absolute atomic E-state index is 4.62. The zero-order chi connectivity index (χ0) is 12.3. The van der Waals surface area contributed by atoms with Crippen LogP contribution in [0.1, 0.15) is 26.2 Å². The van der Waals surface area contributed by atoms with Gasteiger partial charge in [0, 0.05) is 24.9 Å². The summed E-state index contributed by atoms with van der Waals surface area (Å²) in [6.07, 6.45) is 5.92. The van der Waals surface area contributed by atoms with Crippen LogP contribution < -0.4 is 10.6 Å². The molecule has 0 spiro atoms. The van der Waals surface area contributed by atoms with Gasteiger partial charge in [-0.15, -0.1) is 0 Å². The Bertz CT molecular complexity index is 216. The molecular formula is C12H25N3S2. The Kier molecular flexibility index (Phi) is 8.79. The molecule has 0 amide bonds. The summed E-state index contributed by atoms with van der Waals surface area (Å²) >= 11 is 3.94. The van der Waals surface area contributed by atoms with Gasteiger partial charge in [0.05, 0.1) is 0 Å². The molecule has 1 aliphatic heterocycles. The molecule has 0 aromatic heterocycles. The molecule has 1 atom stereocenters. The van der Waals surface area contributed by atoms with Crippen molar-refractivity contribution in [2.75, 3.05) is 36.6 Å². The monoisotopic (exact) mass is 275 g/mol. The molecule has 2 N–H and O–H groups in total. The van der Waals surface area contributed by atoms with E-state index in [9.17, 15) is 0 Å². The van der Waals surface area contributed by atoms with E-state index in [-0.39, 0.29) is 0 Å². The number of rotatable bonds is 6. The summed E-state index contributed by atoms with van der Waals surface area (Å²) < 4.78 is 0. The van der Waals surface area contributed by atoms with E-state index in [0.717, 1.165) is 25.5 Å². The number of nitrogens with one attached hydrogen (secondary N) is 2. The minimum absolute atomic E-state index is 0.604. The van der Waals surface area contributed by atoms with Crippen molar-refractivity contribution < 1.29 is 0 Å². The molecule has 1 heterocycles. The van der Waals surface area contributed by atoms with E-state index in [1.807, 2.05) is 23.5 Å². The largest absolute Gasteiger partial charge is 0.357 e. The van der Waals surface area contributed by atoms with Gasteiger partial charge in [0.2, 0.25) is 0 Å². The maximum Gasteiger partial charge on any atom is 0.191 e. The van der Waals surface area contributed by atoms with E-state index in [1.54, 1.807) is 0 Å². The predicted molar refractivity (Wildman–Crippen MR) is 82.5 cm³/mol. The number of guanidine groups is 1. The van der Waals surface area contributed by atoms with Crippen molar-refractivity contribution in [3.05, 3.63) is 0 Å². The van der Waals surface area contributed by atoms with Gasteiger partial charge >= 0.3 is 0 Å². The predicted octanol–water partition coefficient (Wildman–Crippen LogP) is 2.19. The lowest BCUT2D eigenvalue weighted by Gasteiger charge is -2.24. The van der Waals surface area contributed by atoms with E-state index in [4.69, 9.17) is 0 Å². The summed E-state index contributed by atoms with van der Waals surface area (Å²) in [5.74, 6) is 4.73. The first kappa shape index (κ1) is 15.0. The second-order valence-corrected chi connectivity index (χ2v) is 6.30. The Morgan fingerprint density at radius 2 is 2.41 bits per heavy atom. The Balaban J connectivity index is 2.29. The number of nitrogens with zero attached hydrogens (tertiary/aromatic N) is 1. The van der Waals surface area contributed by atoms with Gasteiger partial charge in [-0.3, -0.25) is 4.99 Å². The number of hydrogen-bond donors (Lipinski definition) is 2. The van der Waals surface area contributed by atoms with E-state index in [2.05, 4.69) is 28.8 Å². The molecule has 3 nitrogen and oxygen atoms in total. The van der Waals surface area contributed by atoms with Crippen molar-refractivity contribution in [1.29, 1.82) is 0 Å². The summed E-state index contributed by atoms with van der Waals surface area (Å²) in [5, 5.41) is 6.87. The third-order valence-electron chi connectivity index (χ3n) is 2.62. The lowest BCUT2D eigenvalue weighted by molar-refractivity contribution is 0.582. The van der Waals surface area contributed by atoms with E-state index < -0.39 is 0 Å². The summed E-state index contributed by atoms with van der Waals surface area (Å²) in [6, 6.07) is 0.604. The Morgan fingerprint density at radius 3 is 3.06 bits per heavy atom. The first-order valence-corrected chi connectivity index (χ1v) is 9.03. The average molecular weight is 275 g/mol. The standard InChI is InChI=1S/C12H25N3S2/c1-3-13-12(14-7-5-8-16-2)15-11-6-4-9-17-10-11/h11H,3-10H2,1-2H3,(H2,13,14,15). The highest BCUT2D eigenvalue weighted by Gasteiger charge is 2.14. The van der Waals surface area contributed by atoms with Gasteiger partial charge in [0.15, 0.2) is 5.96 Å². The van der Waals surface area contributed by atoms with Crippen LogP contribution in [0.3, 0.4) is 0 Å². The van der Waals surface area contributed by atoms with Crippen LogP contribution in [0.15, 0.2) is 4.99 Å². The van der Waals surface area contributed by atoms with Crippen LogP contribution in [0.4, 0.5) is 0 Å². The van der Waals surface area contributed by atoms with Gasteiger partial charge < -0.3 is 10.6 Å². The van der Waals surface area contributed by atoms with Gasteiger partial charge in [-0.2, -0.15) is 23.5 Å². The topological polar surface area (TPSA) is 36.4 Å². The van der Waals surface area contributed by atoms with Crippen LogP contribution >= 0.6 is 23.5 Å². The molecule has 17 heavy (non-hydrogen) atoms. The maximum atomic E-state index is 4.62. The van der Waals surface area contributed by atoms with Crippen molar-refractivity contribution >= 4 is 29.5 Å². The van der Waals surface area contributed by atoms with Gasteiger partial charge in [0.1, 0.15) is 0 Å². The van der Waals surface area contributed by atoms with Gasteiger partial charge in [0.25, 0.3) is 0 Å². The van der Waals surface area contributed by atoms with Crippen LogP contribution in [0, 0.1) is 0 Å². The van der Waals surface area contributed by atoms with Crippen LogP contribution in [0.25, 0.3) is 0 Å². The fourth-order valence-corrected chi connectivity index (χ4v) is 3.26. The zero-order valence-corrected chi connectivity index (χ0v) is 12.6. The highest BCUT2D eigenvalue weighted by molar-refractivity contribution is 7.99. The molecule has 1 saturated heterocycles. The smallest absolute Gasteiger partial charge is 0.191 e. The molecule has 5 heteroatoms. The summed E-state index contributed by atoms with van der Waals surface area (Å²) in [7, 11) is 0. The molecule has 1 rings (SSSR count). The van der Waals surface area contributed by atoms with Gasteiger partial charge in [-0.25, -0.2) is 0 Å². The Labute approximate surface area is 114 Å². The molecule has 1 unspecified atom stereocenters. The van der Waals surface area contributed by atoms with Crippen LogP contribution in [0.2, 0.25) is 0 Å². The van der Waals surface area contributed by atoms with Crippen LogP contribution in [0.5, 0.6) is 0 Å². The zero-order valence-electron chi connectivity index (χ0n) is 11.0. The van der Waals surface area contributed by atoms with Gasteiger partial charge in [-0.1, -0.05) is 0 Å². The van der Waals surface area contributed by atoms with Crippen LogP contribution in [-0.2, 0) is 0 Å². The lowest BCUT2D eigenvalue weighted by atomic mass is 10.2. The molecule has 1 fully saturated rings. The SMILES string of the molecule is CCNC(=NCCCSC)NC1CCCSC1. The quantitative estimate of drug-likeness (QED) is 0.443. The minimum Gasteiger partial charge on any atom is -0.357 e. The molecule has 0 saturated carbocycles. The highest BCUT2D eigenvalue weighted by atomic mass is 32.2. The number of hydrogen-bond acceptors (Lipinski definition) is 3. The molecule has 0 aromatic rings. The molecule has 0 aliphatic carbocycles. The second kappa shape index (κ2) is 9.95. The summed E-state index contributed by atoms with van der Waals surface area (Å²) in [4.78, 5) is 4.62. The molecule has 1 aliphatic rings. The van der Waals surface area contributed by atoms with Crippen molar-refractivity contribution in [1.82, 2.24) is 10.6 Å². The molecule has 0 bridgehead atoms. The lowest BCUT2D eigenvalue weighted by Crippen LogP contribution is -2.45. The number of aliphatic imine (C=N–C) groups is 1. The third kappa shape index (κ3) is 7.09. The fraction of sp³-hybridized carbons (Fsp3) is 0.917. The third-order valence-corrected chi connectivity index (χ3v) is 4.53. The highest BCUT2D eigenvalue weighted by Crippen LogP contribution is 2.16. The van der Waals surface area contributed by atoms with Gasteiger partial charge in [-0.05, 0) is 43.9 Å². The van der Waals surface area contributed by atoms with Crippen molar-refractivity contribution in [2.24, 2.45) is 4.99 Å². The minimum atomic E-state index is 0.604. The van der Waals surface area contributed by atoms with E-state index >= 15 is 0 Å². The van der Waals surface area contributed by atoms with Crippen LogP contribution in [-0.4, -0.2) is 48.6 Å². The van der Waals surface area contributed by atoms with Crippen molar-refractivity contribution in [3.63, 3.8) is 0 Å².